The molecule has 2 N–H and O–H groups in total. The van der Waals surface area contributed by atoms with Gasteiger partial charge in [0, 0.05) is 36.9 Å². The molecule has 3 aromatic rings. The molecule has 1 aliphatic rings. The van der Waals surface area contributed by atoms with Gasteiger partial charge < -0.3 is 15.0 Å². The van der Waals surface area contributed by atoms with E-state index in [2.05, 4.69) is 27.4 Å². The van der Waals surface area contributed by atoms with Crippen molar-refractivity contribution < 1.29 is 9.53 Å². The fourth-order valence-electron chi connectivity index (χ4n) is 4.23. The average molecular weight is 389 g/mol. The maximum Gasteiger partial charge on any atom is 0.253 e. The van der Waals surface area contributed by atoms with E-state index in [0.717, 1.165) is 36.3 Å². The Balaban J connectivity index is 1.32. The van der Waals surface area contributed by atoms with Crippen molar-refractivity contribution >= 4 is 5.91 Å². The van der Waals surface area contributed by atoms with Gasteiger partial charge >= 0.3 is 0 Å². The van der Waals surface area contributed by atoms with Gasteiger partial charge in [-0.15, -0.1) is 0 Å². The topological polar surface area (TPSA) is 67.0 Å². The van der Waals surface area contributed by atoms with Crippen LogP contribution in [0.1, 0.15) is 47.5 Å². The maximum atomic E-state index is 12.8. The molecule has 2 heterocycles. The first-order valence-electron chi connectivity index (χ1n) is 10.2. The Labute approximate surface area is 171 Å². The molecule has 0 unspecified atom stereocenters. The molecule has 1 aliphatic carbocycles. The first-order valence-corrected chi connectivity index (χ1v) is 10.2. The molecule has 0 aliphatic heterocycles. The molecule has 0 bridgehead atoms. The van der Waals surface area contributed by atoms with Crippen molar-refractivity contribution in [3.8, 4) is 16.9 Å². The maximum absolute atomic E-state index is 12.8. The summed E-state index contributed by atoms with van der Waals surface area (Å²) < 4.78 is 5.22. The molecule has 0 spiro atoms. The number of pyridine rings is 1. The molecule has 1 fully saturated rings. The zero-order chi connectivity index (χ0) is 20.1. The van der Waals surface area contributed by atoms with Crippen molar-refractivity contribution in [1.82, 2.24) is 15.3 Å². The number of carbonyl (C=O) groups excluding carboxylic acids is 1. The van der Waals surface area contributed by atoms with Crippen LogP contribution in [0.5, 0.6) is 5.75 Å². The summed E-state index contributed by atoms with van der Waals surface area (Å²) in [5, 5.41) is 3.15. The zero-order valence-corrected chi connectivity index (χ0v) is 16.7. The summed E-state index contributed by atoms with van der Waals surface area (Å²) in [5.74, 6) is 1.95. The number of hydrogen-bond acceptors (Lipinski definition) is 3. The van der Waals surface area contributed by atoms with Gasteiger partial charge in [-0.3, -0.25) is 9.78 Å². The van der Waals surface area contributed by atoms with E-state index < -0.39 is 0 Å². The van der Waals surface area contributed by atoms with Crippen molar-refractivity contribution in [3.63, 3.8) is 0 Å². The molecule has 1 amide bonds. The standard InChI is InChI=1S/C24H27N3O2/c1-29-21-8-6-20(7-9-21)22-15-26-16-23(22)24(28)27-14-17-2-4-18(5-3-17)19-10-12-25-13-11-19/h6-13,15-18,26H,2-5,14H2,1H3,(H,27,28). The number of H-pyrrole nitrogens is 1. The fraction of sp³-hybridized carbons (Fsp3) is 0.333. The minimum Gasteiger partial charge on any atom is -0.497 e. The van der Waals surface area contributed by atoms with E-state index in [4.69, 9.17) is 4.74 Å². The van der Waals surface area contributed by atoms with Crippen LogP contribution in [0, 0.1) is 5.92 Å². The van der Waals surface area contributed by atoms with E-state index in [9.17, 15) is 4.79 Å². The number of hydrogen-bond donors (Lipinski definition) is 2. The van der Waals surface area contributed by atoms with Gasteiger partial charge in [-0.2, -0.15) is 0 Å². The van der Waals surface area contributed by atoms with Gasteiger partial charge in [0.15, 0.2) is 0 Å². The summed E-state index contributed by atoms with van der Waals surface area (Å²) in [5.41, 5.74) is 3.97. The molecule has 0 radical (unpaired) electrons. The highest BCUT2D eigenvalue weighted by molar-refractivity contribution is 6.00. The lowest BCUT2D eigenvalue weighted by Crippen LogP contribution is -2.31. The van der Waals surface area contributed by atoms with Crippen molar-refractivity contribution in [1.29, 1.82) is 0 Å². The van der Waals surface area contributed by atoms with Crippen LogP contribution in [-0.4, -0.2) is 29.5 Å². The van der Waals surface area contributed by atoms with Gasteiger partial charge in [-0.1, -0.05) is 12.1 Å². The minimum absolute atomic E-state index is 0.0201. The zero-order valence-electron chi connectivity index (χ0n) is 16.7. The van der Waals surface area contributed by atoms with Crippen LogP contribution < -0.4 is 10.1 Å². The van der Waals surface area contributed by atoms with Crippen LogP contribution in [-0.2, 0) is 0 Å². The van der Waals surface area contributed by atoms with Crippen molar-refractivity contribution in [2.75, 3.05) is 13.7 Å². The highest BCUT2D eigenvalue weighted by Gasteiger charge is 2.23. The molecule has 29 heavy (non-hydrogen) atoms. The first kappa shape index (κ1) is 19.2. The summed E-state index contributed by atoms with van der Waals surface area (Å²) in [7, 11) is 1.65. The third-order valence-electron chi connectivity index (χ3n) is 5.97. The number of aromatic amines is 1. The number of aromatic nitrogens is 2. The fourth-order valence-corrected chi connectivity index (χ4v) is 4.23. The predicted molar refractivity (Wildman–Crippen MR) is 114 cm³/mol. The highest BCUT2D eigenvalue weighted by Crippen LogP contribution is 2.35. The normalized spacial score (nSPS) is 18.9. The summed E-state index contributed by atoms with van der Waals surface area (Å²) in [6, 6.07) is 12.0. The molecule has 1 aromatic carbocycles. The van der Waals surface area contributed by atoms with Gasteiger partial charge in [-0.05, 0) is 72.9 Å². The third-order valence-corrected chi connectivity index (χ3v) is 5.97. The van der Waals surface area contributed by atoms with Crippen molar-refractivity contribution in [2.45, 2.75) is 31.6 Å². The minimum atomic E-state index is -0.0201. The van der Waals surface area contributed by atoms with Crippen LogP contribution in [0.4, 0.5) is 0 Å². The molecule has 0 saturated heterocycles. The Morgan fingerprint density at radius 2 is 1.79 bits per heavy atom. The van der Waals surface area contributed by atoms with Gasteiger partial charge in [0.2, 0.25) is 0 Å². The predicted octanol–water partition coefficient (Wildman–Crippen LogP) is 4.79. The van der Waals surface area contributed by atoms with E-state index in [1.165, 1.54) is 18.4 Å². The molecule has 4 rings (SSSR count). The second-order valence-corrected chi connectivity index (χ2v) is 7.72. The summed E-state index contributed by atoms with van der Waals surface area (Å²) in [6.45, 7) is 0.731. The first-order chi connectivity index (χ1) is 14.2. The van der Waals surface area contributed by atoms with Gasteiger partial charge in [-0.25, -0.2) is 0 Å². The molecule has 1 saturated carbocycles. The second kappa shape index (κ2) is 8.95. The molecule has 2 aromatic heterocycles. The third kappa shape index (κ3) is 4.50. The Morgan fingerprint density at radius 1 is 1.07 bits per heavy atom. The van der Waals surface area contributed by atoms with Crippen LogP contribution in [0.15, 0.2) is 61.2 Å². The lowest BCUT2D eigenvalue weighted by molar-refractivity contribution is 0.0943. The Kier molecular flexibility index (Phi) is 5.94. The van der Waals surface area contributed by atoms with E-state index in [1.54, 1.807) is 13.3 Å². The number of rotatable bonds is 6. The Bertz CT molecular complexity index is 926. The summed E-state index contributed by atoms with van der Waals surface area (Å²) >= 11 is 0. The Hall–Kier alpha value is -3.08. The smallest absolute Gasteiger partial charge is 0.253 e. The summed E-state index contributed by atoms with van der Waals surface area (Å²) in [4.78, 5) is 20.0. The number of nitrogens with one attached hydrogen (secondary N) is 2. The number of amides is 1. The quantitative estimate of drug-likeness (QED) is 0.637. The summed E-state index contributed by atoms with van der Waals surface area (Å²) in [6.07, 6.45) is 12.0. The van der Waals surface area contributed by atoms with Gasteiger partial charge in [0.1, 0.15) is 5.75 Å². The number of carbonyl (C=O) groups is 1. The molecule has 5 heteroatoms. The number of methoxy groups -OCH3 is 1. The van der Waals surface area contributed by atoms with Gasteiger partial charge in [0.05, 0.1) is 12.7 Å². The van der Waals surface area contributed by atoms with E-state index >= 15 is 0 Å². The molecular formula is C24H27N3O2. The monoisotopic (exact) mass is 389 g/mol. The van der Waals surface area contributed by atoms with E-state index in [-0.39, 0.29) is 5.91 Å². The SMILES string of the molecule is COc1ccc(-c2c[nH]cc2C(=O)NCC2CCC(c3ccncc3)CC2)cc1. The molecular weight excluding hydrogens is 362 g/mol. The van der Waals surface area contributed by atoms with E-state index in [0.29, 0.717) is 17.4 Å². The van der Waals surface area contributed by atoms with Gasteiger partial charge in [0.25, 0.3) is 5.91 Å². The second-order valence-electron chi connectivity index (χ2n) is 7.72. The van der Waals surface area contributed by atoms with Crippen molar-refractivity contribution in [3.05, 3.63) is 72.3 Å². The number of nitrogens with zero attached hydrogens (tertiary/aromatic N) is 1. The largest absolute Gasteiger partial charge is 0.497 e. The lowest BCUT2D eigenvalue weighted by atomic mass is 9.79. The van der Waals surface area contributed by atoms with E-state index in [1.807, 2.05) is 42.9 Å². The van der Waals surface area contributed by atoms with Crippen LogP contribution >= 0.6 is 0 Å². The highest BCUT2D eigenvalue weighted by atomic mass is 16.5. The lowest BCUT2D eigenvalue weighted by Gasteiger charge is -2.28. The van der Waals surface area contributed by atoms with Crippen LogP contribution in [0.25, 0.3) is 11.1 Å². The number of benzene rings is 1. The Morgan fingerprint density at radius 3 is 2.48 bits per heavy atom. The molecule has 0 atom stereocenters. The molecule has 5 nitrogen and oxygen atoms in total. The van der Waals surface area contributed by atoms with Crippen LogP contribution in [0.2, 0.25) is 0 Å². The average Bonchev–Trinajstić information content (AvgIpc) is 3.28. The van der Waals surface area contributed by atoms with Crippen LogP contribution in [0.3, 0.4) is 0 Å². The number of ether oxygens (including phenoxy) is 1. The molecule has 150 valence electrons. The van der Waals surface area contributed by atoms with Crippen molar-refractivity contribution in [2.24, 2.45) is 5.92 Å².